The van der Waals surface area contributed by atoms with Gasteiger partial charge in [-0.25, -0.2) is 4.68 Å². The monoisotopic (exact) mass is 191 g/mol. The fourth-order valence-corrected chi connectivity index (χ4v) is 1.33. The van der Waals surface area contributed by atoms with E-state index < -0.39 is 5.97 Å². The van der Waals surface area contributed by atoms with E-state index in [1.54, 1.807) is 0 Å². The second kappa shape index (κ2) is 3.10. The van der Waals surface area contributed by atoms with Crippen molar-refractivity contribution in [2.75, 3.05) is 0 Å². The smallest absolute Gasteiger partial charge is 0.325 e. The van der Waals surface area contributed by atoms with Gasteiger partial charge in [-0.05, 0) is 24.6 Å². The fourth-order valence-electron chi connectivity index (χ4n) is 1.33. The summed E-state index contributed by atoms with van der Waals surface area (Å²) in [6.45, 7) is 1.80. The zero-order valence-electron chi connectivity index (χ0n) is 7.64. The third-order valence-corrected chi connectivity index (χ3v) is 1.95. The summed E-state index contributed by atoms with van der Waals surface area (Å²) in [6.07, 6.45) is 0. The molecule has 0 aliphatic rings. The molecule has 5 heteroatoms. The van der Waals surface area contributed by atoms with E-state index in [9.17, 15) is 4.79 Å². The molecule has 0 spiro atoms. The summed E-state index contributed by atoms with van der Waals surface area (Å²) in [5.41, 5.74) is 2.56. The number of hydrogen-bond donors (Lipinski definition) is 1. The lowest BCUT2D eigenvalue weighted by atomic mass is 10.2. The summed E-state index contributed by atoms with van der Waals surface area (Å²) >= 11 is 0. The van der Waals surface area contributed by atoms with E-state index in [0.29, 0.717) is 0 Å². The van der Waals surface area contributed by atoms with Crippen LogP contribution in [0.15, 0.2) is 18.2 Å². The van der Waals surface area contributed by atoms with Crippen LogP contribution in [-0.2, 0) is 11.3 Å². The molecule has 2 aromatic rings. The molecule has 0 aliphatic heterocycles. The number of carbonyl (C=O) groups is 1. The van der Waals surface area contributed by atoms with E-state index in [-0.39, 0.29) is 6.54 Å². The Labute approximate surface area is 80.0 Å². The van der Waals surface area contributed by atoms with Gasteiger partial charge in [0.1, 0.15) is 12.1 Å². The Morgan fingerprint density at radius 3 is 3.07 bits per heavy atom. The molecule has 0 unspecified atom stereocenters. The molecule has 1 aromatic heterocycles. The number of aromatic nitrogens is 3. The van der Waals surface area contributed by atoms with Gasteiger partial charge in [0.15, 0.2) is 0 Å². The van der Waals surface area contributed by atoms with Gasteiger partial charge in [-0.2, -0.15) is 0 Å². The molecular formula is C9H9N3O2. The summed E-state index contributed by atoms with van der Waals surface area (Å²) in [5, 5.41) is 16.3. The van der Waals surface area contributed by atoms with Crippen molar-refractivity contribution >= 4 is 17.0 Å². The predicted octanol–water partition coefficient (Wildman–Crippen LogP) is 0.824. The normalized spacial score (nSPS) is 10.6. The zero-order valence-corrected chi connectivity index (χ0v) is 7.64. The number of benzene rings is 1. The van der Waals surface area contributed by atoms with E-state index in [2.05, 4.69) is 10.3 Å². The molecule has 0 aliphatic carbocycles. The maximum Gasteiger partial charge on any atom is 0.325 e. The van der Waals surface area contributed by atoms with E-state index in [4.69, 9.17) is 5.11 Å². The quantitative estimate of drug-likeness (QED) is 0.763. The van der Waals surface area contributed by atoms with Crippen LogP contribution < -0.4 is 0 Å². The van der Waals surface area contributed by atoms with Gasteiger partial charge in [-0.15, -0.1) is 5.10 Å². The first-order valence-electron chi connectivity index (χ1n) is 4.18. The van der Waals surface area contributed by atoms with Crippen molar-refractivity contribution in [2.24, 2.45) is 0 Å². The minimum atomic E-state index is -0.919. The van der Waals surface area contributed by atoms with Crippen LogP contribution >= 0.6 is 0 Å². The number of nitrogens with zero attached hydrogens (tertiary/aromatic N) is 3. The molecule has 0 fully saturated rings. The summed E-state index contributed by atoms with van der Waals surface area (Å²) in [7, 11) is 0. The Balaban J connectivity index is 2.52. The molecule has 1 aromatic carbocycles. The molecule has 0 saturated carbocycles. The van der Waals surface area contributed by atoms with Crippen molar-refractivity contribution in [3.05, 3.63) is 23.8 Å². The second-order valence-electron chi connectivity index (χ2n) is 3.13. The van der Waals surface area contributed by atoms with E-state index in [0.717, 1.165) is 16.6 Å². The van der Waals surface area contributed by atoms with Crippen molar-refractivity contribution < 1.29 is 9.90 Å². The number of carboxylic acid groups (broad SMARTS) is 1. The summed E-state index contributed by atoms with van der Waals surface area (Å²) in [4.78, 5) is 10.5. The highest BCUT2D eigenvalue weighted by molar-refractivity contribution is 5.77. The first kappa shape index (κ1) is 8.68. The lowest BCUT2D eigenvalue weighted by Crippen LogP contribution is -2.09. The lowest BCUT2D eigenvalue weighted by Gasteiger charge is -1.96. The van der Waals surface area contributed by atoms with Gasteiger partial charge in [0.05, 0.1) is 5.52 Å². The number of hydrogen-bond acceptors (Lipinski definition) is 3. The molecule has 1 heterocycles. The van der Waals surface area contributed by atoms with Crippen molar-refractivity contribution in [1.29, 1.82) is 0 Å². The van der Waals surface area contributed by atoms with Crippen LogP contribution in [0, 0.1) is 6.92 Å². The molecule has 14 heavy (non-hydrogen) atoms. The Morgan fingerprint density at radius 1 is 1.57 bits per heavy atom. The van der Waals surface area contributed by atoms with Gasteiger partial charge < -0.3 is 5.11 Å². The second-order valence-corrected chi connectivity index (χ2v) is 3.13. The Bertz CT molecular complexity index is 490. The summed E-state index contributed by atoms with van der Waals surface area (Å²) in [6, 6.07) is 5.61. The predicted molar refractivity (Wildman–Crippen MR) is 49.9 cm³/mol. The third kappa shape index (κ3) is 1.44. The first-order chi connectivity index (χ1) is 6.66. The van der Waals surface area contributed by atoms with Crippen LogP contribution in [-0.4, -0.2) is 26.1 Å². The molecule has 0 saturated heterocycles. The number of fused-ring (bicyclic) bond motifs is 1. The molecule has 0 bridgehead atoms. The van der Waals surface area contributed by atoms with Crippen molar-refractivity contribution in [2.45, 2.75) is 13.5 Å². The molecule has 1 N–H and O–H groups in total. The molecule has 0 atom stereocenters. The van der Waals surface area contributed by atoms with Gasteiger partial charge >= 0.3 is 5.97 Å². The van der Waals surface area contributed by atoms with E-state index in [1.807, 2.05) is 25.1 Å². The first-order valence-corrected chi connectivity index (χ1v) is 4.18. The minimum absolute atomic E-state index is 0.153. The lowest BCUT2D eigenvalue weighted by molar-refractivity contribution is -0.137. The largest absolute Gasteiger partial charge is 0.480 e. The van der Waals surface area contributed by atoms with Gasteiger partial charge in [0.25, 0.3) is 0 Å². The van der Waals surface area contributed by atoms with Crippen LogP contribution in [0.1, 0.15) is 5.56 Å². The zero-order chi connectivity index (χ0) is 10.1. The van der Waals surface area contributed by atoms with Gasteiger partial charge in [-0.3, -0.25) is 4.79 Å². The maximum atomic E-state index is 10.5. The van der Waals surface area contributed by atoms with Crippen LogP contribution in [0.5, 0.6) is 0 Å². The number of rotatable bonds is 2. The number of carboxylic acids is 1. The van der Waals surface area contributed by atoms with Crippen LogP contribution in [0.25, 0.3) is 11.0 Å². The molecule has 2 rings (SSSR count). The number of aliphatic carboxylic acids is 1. The summed E-state index contributed by atoms with van der Waals surface area (Å²) in [5.74, 6) is -0.919. The average molecular weight is 191 g/mol. The van der Waals surface area contributed by atoms with Crippen LogP contribution in [0.2, 0.25) is 0 Å². The van der Waals surface area contributed by atoms with Gasteiger partial charge in [-0.1, -0.05) is 11.3 Å². The molecule has 5 nitrogen and oxygen atoms in total. The molecular weight excluding hydrogens is 182 g/mol. The molecule has 72 valence electrons. The van der Waals surface area contributed by atoms with Gasteiger partial charge in [0, 0.05) is 0 Å². The fraction of sp³-hybridized carbons (Fsp3) is 0.222. The third-order valence-electron chi connectivity index (χ3n) is 1.95. The highest BCUT2D eigenvalue weighted by atomic mass is 16.4. The summed E-state index contributed by atoms with van der Waals surface area (Å²) < 4.78 is 1.37. The van der Waals surface area contributed by atoms with E-state index in [1.165, 1.54) is 4.68 Å². The molecule has 0 radical (unpaired) electrons. The topological polar surface area (TPSA) is 68.0 Å². The van der Waals surface area contributed by atoms with Crippen LogP contribution in [0.3, 0.4) is 0 Å². The standard InChI is InChI=1S/C9H9N3O2/c1-6-2-3-8-7(4-6)10-11-12(8)5-9(13)14/h2-4H,5H2,1H3,(H,13,14). The Kier molecular flexibility index (Phi) is 1.92. The van der Waals surface area contributed by atoms with Crippen molar-refractivity contribution in [3.63, 3.8) is 0 Å². The average Bonchev–Trinajstić information content (AvgIpc) is 2.47. The van der Waals surface area contributed by atoms with Crippen molar-refractivity contribution in [1.82, 2.24) is 15.0 Å². The van der Waals surface area contributed by atoms with Crippen LogP contribution in [0.4, 0.5) is 0 Å². The highest BCUT2D eigenvalue weighted by Crippen LogP contribution is 2.12. The highest BCUT2D eigenvalue weighted by Gasteiger charge is 2.06. The van der Waals surface area contributed by atoms with Crippen molar-refractivity contribution in [3.8, 4) is 0 Å². The maximum absolute atomic E-state index is 10.5. The SMILES string of the molecule is Cc1ccc2c(c1)nnn2CC(=O)O. The molecule has 0 amide bonds. The Hall–Kier alpha value is -1.91. The Morgan fingerprint density at radius 2 is 2.36 bits per heavy atom. The minimum Gasteiger partial charge on any atom is -0.480 e. The van der Waals surface area contributed by atoms with Gasteiger partial charge in [0.2, 0.25) is 0 Å². The number of aryl methyl sites for hydroxylation is 1. The van der Waals surface area contributed by atoms with E-state index >= 15 is 0 Å².